The molecule has 0 saturated carbocycles. The van der Waals surface area contributed by atoms with E-state index >= 15 is 0 Å². The van der Waals surface area contributed by atoms with Crippen molar-refractivity contribution in [2.24, 2.45) is 11.8 Å². The highest BCUT2D eigenvalue weighted by atomic mass is 32.2. The Kier molecular flexibility index (Phi) is 2.24. The van der Waals surface area contributed by atoms with Crippen LogP contribution >= 0.6 is 11.8 Å². The van der Waals surface area contributed by atoms with Gasteiger partial charge in [0.05, 0.1) is 0 Å². The second-order valence-electron chi connectivity index (χ2n) is 2.82. The van der Waals surface area contributed by atoms with Crippen LogP contribution in [0.2, 0.25) is 0 Å². The minimum absolute atomic E-state index is 0.966. The Bertz CT molecular complexity index is 60.8. The van der Waals surface area contributed by atoms with Crippen LogP contribution < -0.4 is 0 Å². The molecule has 2 atom stereocenters. The zero-order valence-corrected chi connectivity index (χ0v) is 6.50. The van der Waals surface area contributed by atoms with Gasteiger partial charge in [0.2, 0.25) is 0 Å². The molecular weight excluding hydrogens is 116 g/mol. The summed E-state index contributed by atoms with van der Waals surface area (Å²) in [4.78, 5) is 0. The van der Waals surface area contributed by atoms with Crippen molar-refractivity contribution in [1.29, 1.82) is 0 Å². The van der Waals surface area contributed by atoms with E-state index in [1.165, 1.54) is 17.9 Å². The Labute approximate surface area is 56.0 Å². The quantitative estimate of drug-likeness (QED) is 0.485. The van der Waals surface area contributed by atoms with Crippen molar-refractivity contribution >= 4 is 11.8 Å². The predicted octanol–water partition coefficient (Wildman–Crippen LogP) is 2.40. The molecule has 0 aromatic carbocycles. The molecule has 1 aliphatic rings. The zero-order chi connectivity index (χ0) is 5.98. The van der Waals surface area contributed by atoms with E-state index in [0.29, 0.717) is 0 Å². The first-order valence-corrected chi connectivity index (χ1v) is 4.54. The van der Waals surface area contributed by atoms with Gasteiger partial charge < -0.3 is 0 Å². The number of rotatable bonds is 0. The topological polar surface area (TPSA) is 0 Å². The summed E-state index contributed by atoms with van der Waals surface area (Å²) in [5.41, 5.74) is 0. The van der Waals surface area contributed by atoms with E-state index in [2.05, 4.69) is 25.6 Å². The maximum atomic E-state index is 2.37. The highest BCUT2D eigenvalue weighted by Gasteiger charge is 2.15. The van der Waals surface area contributed by atoms with Gasteiger partial charge in [-0.2, -0.15) is 11.8 Å². The van der Waals surface area contributed by atoms with Gasteiger partial charge in [0.15, 0.2) is 0 Å². The molecule has 0 aromatic rings. The summed E-state index contributed by atoms with van der Waals surface area (Å²) >= 11 is 2.11. The molecule has 0 amide bonds. The Balaban J connectivity index is 2.28. The number of thioether (sulfide) groups is 1. The van der Waals surface area contributed by atoms with Crippen LogP contribution in [0.4, 0.5) is 0 Å². The molecular formula is C7H14S. The molecule has 0 radical (unpaired) electrons. The van der Waals surface area contributed by atoms with Gasteiger partial charge in [-0.05, 0) is 29.8 Å². The Morgan fingerprint density at radius 1 is 1.25 bits per heavy atom. The first-order valence-electron chi connectivity index (χ1n) is 3.38. The third-order valence-electron chi connectivity index (χ3n) is 2.07. The summed E-state index contributed by atoms with van der Waals surface area (Å²) in [5, 5.41) is 0. The second kappa shape index (κ2) is 2.77. The monoisotopic (exact) mass is 130 g/mol. The third-order valence-corrected chi connectivity index (χ3v) is 3.36. The van der Waals surface area contributed by atoms with Gasteiger partial charge in [0.25, 0.3) is 0 Å². The summed E-state index contributed by atoms with van der Waals surface area (Å²) in [6, 6.07) is 0. The van der Waals surface area contributed by atoms with Crippen molar-refractivity contribution in [2.75, 3.05) is 11.5 Å². The summed E-state index contributed by atoms with van der Waals surface area (Å²) in [6.07, 6.45) is 1.44. The van der Waals surface area contributed by atoms with Gasteiger partial charge in [0, 0.05) is 0 Å². The third kappa shape index (κ3) is 1.41. The molecule has 0 bridgehead atoms. The lowest BCUT2D eigenvalue weighted by atomic mass is 9.95. The van der Waals surface area contributed by atoms with E-state index in [-0.39, 0.29) is 0 Å². The van der Waals surface area contributed by atoms with Crippen LogP contribution in [0.5, 0.6) is 0 Å². The van der Waals surface area contributed by atoms with Gasteiger partial charge in [0.1, 0.15) is 0 Å². The predicted molar refractivity (Wildman–Crippen MR) is 40.3 cm³/mol. The Hall–Kier alpha value is 0.350. The minimum Gasteiger partial charge on any atom is -0.162 e. The van der Waals surface area contributed by atoms with Crippen LogP contribution in [-0.4, -0.2) is 11.5 Å². The van der Waals surface area contributed by atoms with Crippen LogP contribution in [0, 0.1) is 11.8 Å². The number of hydrogen-bond donors (Lipinski definition) is 0. The normalized spacial score (nSPS) is 39.8. The van der Waals surface area contributed by atoms with Gasteiger partial charge >= 0.3 is 0 Å². The summed E-state index contributed by atoms with van der Waals surface area (Å²) in [6.45, 7) is 4.72. The summed E-state index contributed by atoms with van der Waals surface area (Å²) in [7, 11) is 0. The van der Waals surface area contributed by atoms with Gasteiger partial charge in [-0.15, -0.1) is 0 Å². The van der Waals surface area contributed by atoms with Crippen molar-refractivity contribution in [3.8, 4) is 0 Å². The second-order valence-corrected chi connectivity index (χ2v) is 3.97. The molecule has 1 rings (SSSR count). The largest absolute Gasteiger partial charge is 0.162 e. The van der Waals surface area contributed by atoms with E-state index in [4.69, 9.17) is 0 Å². The van der Waals surface area contributed by atoms with E-state index in [1.807, 2.05) is 0 Å². The smallest absolute Gasteiger partial charge is 0.00392 e. The van der Waals surface area contributed by atoms with Gasteiger partial charge in [-0.3, -0.25) is 0 Å². The molecule has 1 fully saturated rings. The molecule has 0 aliphatic carbocycles. The maximum Gasteiger partial charge on any atom is -0.00392 e. The molecule has 8 heavy (non-hydrogen) atoms. The zero-order valence-electron chi connectivity index (χ0n) is 5.68. The lowest BCUT2D eigenvalue weighted by Crippen LogP contribution is -2.16. The first kappa shape index (κ1) is 6.47. The molecule has 1 unspecified atom stereocenters. The summed E-state index contributed by atoms with van der Waals surface area (Å²) in [5.74, 6) is 4.73. The highest BCUT2D eigenvalue weighted by molar-refractivity contribution is 7.99. The average molecular weight is 130 g/mol. The summed E-state index contributed by atoms with van der Waals surface area (Å²) < 4.78 is 0. The Morgan fingerprint density at radius 3 is 2.38 bits per heavy atom. The maximum absolute atomic E-state index is 2.37. The number of hydrogen-bond acceptors (Lipinski definition) is 1. The van der Waals surface area contributed by atoms with Crippen molar-refractivity contribution < 1.29 is 0 Å². The van der Waals surface area contributed by atoms with Crippen LogP contribution in [-0.2, 0) is 0 Å². The molecule has 0 nitrogen and oxygen atoms in total. The molecule has 1 heterocycles. The van der Waals surface area contributed by atoms with Crippen LogP contribution in [0.25, 0.3) is 0 Å². The van der Waals surface area contributed by atoms with Crippen LogP contribution in [0.3, 0.4) is 0 Å². The van der Waals surface area contributed by atoms with E-state index in [0.717, 1.165) is 11.8 Å². The lowest BCUT2D eigenvalue weighted by molar-refractivity contribution is 0.406. The fraction of sp³-hybridized carbons (Fsp3) is 1.00. The molecule has 1 saturated heterocycles. The average Bonchev–Trinajstić information content (AvgIpc) is 1.77. The van der Waals surface area contributed by atoms with E-state index < -0.39 is 0 Å². The molecule has 0 aromatic heterocycles. The van der Waals surface area contributed by atoms with E-state index in [1.54, 1.807) is 0 Å². The lowest BCUT2D eigenvalue weighted by Gasteiger charge is -2.24. The minimum atomic E-state index is 0.966. The van der Waals surface area contributed by atoms with Crippen molar-refractivity contribution in [2.45, 2.75) is 20.3 Å². The van der Waals surface area contributed by atoms with Crippen molar-refractivity contribution in [3.63, 3.8) is 0 Å². The molecule has 1 heteroatoms. The molecule has 0 spiro atoms. The van der Waals surface area contributed by atoms with E-state index in [9.17, 15) is 0 Å². The van der Waals surface area contributed by atoms with Crippen LogP contribution in [0.15, 0.2) is 0 Å². The standard InChI is InChI=1S/C7H14S/c1-6-3-4-8-5-7(6)2/h6-7H,3-5H2,1-2H3/t6-,7?/m0/s1. The SMILES string of the molecule is CC1CSCC[C@@H]1C. The fourth-order valence-corrected chi connectivity index (χ4v) is 2.39. The highest BCUT2D eigenvalue weighted by Crippen LogP contribution is 2.27. The Morgan fingerprint density at radius 2 is 2.00 bits per heavy atom. The molecule has 0 N–H and O–H groups in total. The van der Waals surface area contributed by atoms with Crippen molar-refractivity contribution in [3.05, 3.63) is 0 Å². The van der Waals surface area contributed by atoms with Gasteiger partial charge in [-0.25, -0.2) is 0 Å². The molecule has 1 aliphatic heterocycles. The van der Waals surface area contributed by atoms with Crippen molar-refractivity contribution in [1.82, 2.24) is 0 Å². The van der Waals surface area contributed by atoms with Gasteiger partial charge in [-0.1, -0.05) is 13.8 Å². The first-order chi connectivity index (χ1) is 3.80. The molecule has 48 valence electrons. The fourth-order valence-electron chi connectivity index (χ4n) is 0.987. The van der Waals surface area contributed by atoms with Crippen LogP contribution in [0.1, 0.15) is 20.3 Å².